The fourth-order valence-corrected chi connectivity index (χ4v) is 5.44. The van der Waals surface area contributed by atoms with Crippen LogP contribution in [-0.4, -0.2) is 44.6 Å². The predicted molar refractivity (Wildman–Crippen MR) is 105 cm³/mol. The second kappa shape index (κ2) is 8.19. The lowest BCUT2D eigenvalue weighted by atomic mass is 9.75. The van der Waals surface area contributed by atoms with E-state index < -0.39 is 15.8 Å². The van der Waals surface area contributed by atoms with E-state index in [1.807, 2.05) is 24.3 Å². The van der Waals surface area contributed by atoms with Crippen molar-refractivity contribution in [3.05, 3.63) is 59.4 Å². The maximum absolute atomic E-state index is 13.6. The van der Waals surface area contributed by atoms with Crippen LogP contribution in [0.4, 0.5) is 4.39 Å². The second-order valence-corrected chi connectivity index (χ2v) is 9.40. The van der Waals surface area contributed by atoms with Gasteiger partial charge in [-0.3, -0.25) is 0 Å². The van der Waals surface area contributed by atoms with E-state index in [1.54, 1.807) is 14.0 Å². The Balaban J connectivity index is 1.74. The molecule has 1 aliphatic heterocycles. The third kappa shape index (κ3) is 4.21. The summed E-state index contributed by atoms with van der Waals surface area (Å²) < 4.78 is 46.1. The molecular formula is C21H26FNO4S. The molecule has 1 fully saturated rings. The molecule has 3 rings (SSSR count). The number of halogens is 1. The summed E-state index contributed by atoms with van der Waals surface area (Å²) in [5, 5.41) is 10.0. The molecule has 1 saturated heterocycles. The molecule has 0 spiro atoms. The summed E-state index contributed by atoms with van der Waals surface area (Å²) >= 11 is 0. The molecule has 0 aromatic heterocycles. The van der Waals surface area contributed by atoms with Crippen molar-refractivity contribution in [1.29, 1.82) is 0 Å². The van der Waals surface area contributed by atoms with Gasteiger partial charge in [0.15, 0.2) is 0 Å². The van der Waals surface area contributed by atoms with Crippen molar-refractivity contribution < 1.29 is 22.7 Å². The van der Waals surface area contributed by atoms with E-state index in [1.165, 1.54) is 16.4 Å². The molecular weight excluding hydrogens is 381 g/mol. The van der Waals surface area contributed by atoms with Gasteiger partial charge in [0.1, 0.15) is 11.6 Å². The van der Waals surface area contributed by atoms with Gasteiger partial charge in [-0.2, -0.15) is 4.31 Å². The van der Waals surface area contributed by atoms with Crippen LogP contribution in [0.1, 0.15) is 24.0 Å². The smallest absolute Gasteiger partial charge is 0.243 e. The highest BCUT2D eigenvalue weighted by molar-refractivity contribution is 7.89. The maximum atomic E-state index is 13.6. The van der Waals surface area contributed by atoms with Crippen LogP contribution < -0.4 is 4.74 Å². The molecule has 0 saturated carbocycles. The number of nitrogens with zero attached hydrogens (tertiary/aromatic N) is 1. The van der Waals surface area contributed by atoms with Crippen LogP contribution in [0.2, 0.25) is 0 Å². The minimum Gasteiger partial charge on any atom is -0.497 e. The first-order valence-corrected chi connectivity index (χ1v) is 10.7. The van der Waals surface area contributed by atoms with Gasteiger partial charge in [0.05, 0.1) is 12.0 Å². The van der Waals surface area contributed by atoms with Crippen molar-refractivity contribution in [1.82, 2.24) is 4.31 Å². The summed E-state index contributed by atoms with van der Waals surface area (Å²) in [6, 6.07) is 11.5. The lowest BCUT2D eigenvalue weighted by Crippen LogP contribution is -2.45. The minimum absolute atomic E-state index is 0.00803. The molecule has 1 heterocycles. The van der Waals surface area contributed by atoms with E-state index in [0.29, 0.717) is 37.9 Å². The summed E-state index contributed by atoms with van der Waals surface area (Å²) in [5.41, 5.74) is 1.24. The fourth-order valence-electron chi connectivity index (χ4n) is 3.76. The average molecular weight is 408 g/mol. The molecule has 7 heteroatoms. The van der Waals surface area contributed by atoms with Crippen LogP contribution in [-0.2, 0) is 16.4 Å². The quantitative estimate of drug-likeness (QED) is 0.799. The normalized spacial score (nSPS) is 17.4. The zero-order valence-electron chi connectivity index (χ0n) is 16.2. The molecule has 28 heavy (non-hydrogen) atoms. The Morgan fingerprint density at radius 1 is 1.14 bits per heavy atom. The molecule has 1 N–H and O–H groups in total. The molecule has 152 valence electrons. The van der Waals surface area contributed by atoms with Gasteiger partial charge < -0.3 is 9.84 Å². The Kier molecular flexibility index (Phi) is 6.07. The van der Waals surface area contributed by atoms with Crippen LogP contribution in [0.15, 0.2) is 47.4 Å². The molecule has 1 aliphatic rings. The van der Waals surface area contributed by atoms with Crippen LogP contribution >= 0.6 is 0 Å². The lowest BCUT2D eigenvalue weighted by molar-refractivity contribution is 0.0684. The van der Waals surface area contributed by atoms with Gasteiger partial charge >= 0.3 is 0 Å². The third-order valence-electron chi connectivity index (χ3n) is 5.62. The Hall–Kier alpha value is -1.96. The largest absolute Gasteiger partial charge is 0.497 e. The number of methoxy groups -OCH3 is 1. The molecule has 0 amide bonds. The number of ether oxygens (including phenoxy) is 1. The van der Waals surface area contributed by atoms with Gasteiger partial charge in [-0.25, -0.2) is 12.8 Å². The van der Waals surface area contributed by atoms with Crippen molar-refractivity contribution in [2.24, 2.45) is 5.41 Å². The molecule has 0 unspecified atom stereocenters. The number of benzene rings is 2. The third-order valence-corrected chi connectivity index (χ3v) is 7.67. The number of hydrogen-bond donors (Lipinski definition) is 1. The van der Waals surface area contributed by atoms with E-state index in [4.69, 9.17) is 4.74 Å². The SMILES string of the molecule is COc1ccc(CC2(CO)CCN(S(=O)(=O)c3cc(F)ccc3C)CC2)cc1. The summed E-state index contributed by atoms with van der Waals surface area (Å²) in [4.78, 5) is 0.0131. The standard InChI is InChI=1S/C21H26FNO4S/c1-16-3-6-18(22)13-20(16)28(25,26)23-11-9-21(15-24,10-12-23)14-17-4-7-19(27-2)8-5-17/h3-8,13,24H,9-12,14-15H2,1-2H3. The lowest BCUT2D eigenvalue weighted by Gasteiger charge is -2.40. The Morgan fingerprint density at radius 2 is 1.79 bits per heavy atom. The second-order valence-electron chi connectivity index (χ2n) is 7.50. The summed E-state index contributed by atoms with van der Waals surface area (Å²) in [6.07, 6.45) is 1.76. The summed E-state index contributed by atoms with van der Waals surface area (Å²) in [7, 11) is -2.15. The van der Waals surface area contributed by atoms with Gasteiger partial charge in [0.2, 0.25) is 10.0 Å². The average Bonchev–Trinajstić information content (AvgIpc) is 2.70. The molecule has 0 atom stereocenters. The number of aliphatic hydroxyl groups is 1. The van der Waals surface area contributed by atoms with E-state index in [2.05, 4.69) is 0 Å². The van der Waals surface area contributed by atoms with Crippen molar-refractivity contribution in [3.8, 4) is 5.75 Å². The molecule has 0 aliphatic carbocycles. The van der Waals surface area contributed by atoms with Crippen LogP contribution in [0.3, 0.4) is 0 Å². The summed E-state index contributed by atoms with van der Waals surface area (Å²) in [5.74, 6) is 0.207. The van der Waals surface area contributed by atoms with Gasteiger partial charge in [-0.15, -0.1) is 0 Å². The Bertz CT molecular complexity index is 920. The first-order chi connectivity index (χ1) is 13.3. The number of aryl methyl sites for hydroxylation is 1. The number of hydrogen-bond acceptors (Lipinski definition) is 4. The van der Waals surface area contributed by atoms with Gasteiger partial charge in [0.25, 0.3) is 0 Å². The zero-order chi connectivity index (χ0) is 20.4. The Morgan fingerprint density at radius 3 is 2.36 bits per heavy atom. The van der Waals surface area contributed by atoms with Crippen molar-refractivity contribution >= 4 is 10.0 Å². The van der Waals surface area contributed by atoms with Crippen LogP contribution in [0, 0.1) is 18.2 Å². The number of piperidine rings is 1. The monoisotopic (exact) mass is 407 g/mol. The highest BCUT2D eigenvalue weighted by atomic mass is 32.2. The van der Waals surface area contributed by atoms with Gasteiger partial charge in [-0.05, 0) is 67.0 Å². The molecule has 2 aromatic carbocycles. The number of aliphatic hydroxyl groups excluding tert-OH is 1. The van der Waals surface area contributed by atoms with E-state index in [9.17, 15) is 17.9 Å². The topological polar surface area (TPSA) is 66.8 Å². The van der Waals surface area contributed by atoms with Crippen molar-refractivity contribution in [3.63, 3.8) is 0 Å². The van der Waals surface area contributed by atoms with Crippen LogP contribution in [0.25, 0.3) is 0 Å². The zero-order valence-corrected chi connectivity index (χ0v) is 17.0. The highest BCUT2D eigenvalue weighted by Crippen LogP contribution is 2.37. The highest BCUT2D eigenvalue weighted by Gasteiger charge is 2.38. The number of sulfonamides is 1. The van der Waals surface area contributed by atoms with E-state index >= 15 is 0 Å². The summed E-state index contributed by atoms with van der Waals surface area (Å²) in [6.45, 7) is 2.26. The van der Waals surface area contributed by atoms with Crippen molar-refractivity contribution in [2.45, 2.75) is 31.1 Å². The minimum atomic E-state index is -3.76. The van der Waals surface area contributed by atoms with E-state index in [-0.39, 0.29) is 16.9 Å². The maximum Gasteiger partial charge on any atom is 0.243 e. The molecule has 0 radical (unpaired) electrons. The Labute approximate surface area is 165 Å². The first kappa shape index (κ1) is 20.8. The molecule has 5 nitrogen and oxygen atoms in total. The van der Waals surface area contributed by atoms with Gasteiger partial charge in [0, 0.05) is 19.7 Å². The number of rotatable bonds is 6. The first-order valence-electron chi connectivity index (χ1n) is 9.30. The van der Waals surface area contributed by atoms with Crippen LogP contribution in [0.5, 0.6) is 5.75 Å². The van der Waals surface area contributed by atoms with Crippen molar-refractivity contribution in [2.75, 3.05) is 26.8 Å². The predicted octanol–water partition coefficient (Wildman–Crippen LogP) is 3.15. The van der Waals surface area contributed by atoms with Gasteiger partial charge in [-0.1, -0.05) is 18.2 Å². The van der Waals surface area contributed by atoms with E-state index in [0.717, 1.165) is 17.4 Å². The molecule has 0 bridgehead atoms. The fraction of sp³-hybridized carbons (Fsp3) is 0.429. The molecule has 2 aromatic rings.